The van der Waals surface area contributed by atoms with Crippen molar-refractivity contribution < 1.29 is 23.9 Å². The van der Waals surface area contributed by atoms with Crippen molar-refractivity contribution in [3.05, 3.63) is 82.7 Å². The molecule has 166 valence electrons. The Kier molecular flexibility index (Phi) is 7.10. The number of hydrogen-bond acceptors (Lipinski definition) is 5. The first-order chi connectivity index (χ1) is 15.3. The Morgan fingerprint density at radius 2 is 1.69 bits per heavy atom. The highest BCUT2D eigenvalue weighted by Crippen LogP contribution is 2.21. The molecule has 0 aliphatic carbocycles. The monoisotopic (exact) mass is 434 g/mol. The molecule has 0 atom stereocenters. The zero-order chi connectivity index (χ0) is 23.3. The summed E-state index contributed by atoms with van der Waals surface area (Å²) in [6, 6.07) is 16.4. The number of amides is 1. The first-order valence-electron chi connectivity index (χ1n) is 10.2. The van der Waals surface area contributed by atoms with Crippen LogP contribution in [-0.2, 0) is 9.53 Å². The van der Waals surface area contributed by atoms with Crippen molar-refractivity contribution in [1.29, 1.82) is 0 Å². The number of Topliss-reactive ketones (excluding diaryl/α,β-unsaturated/α-hetero) is 1. The minimum absolute atomic E-state index is 0.302. The van der Waals surface area contributed by atoms with Gasteiger partial charge in [-0.05, 0) is 57.2 Å². The standard InChI is InChI=1S/C25H26N2O5/c1-16-8-10-20(11-9-16)27-17(2)12-22(18(27)3)23(28)15-32-24(29)14-26-25(30)19-6-5-7-21(13-19)31-4/h5-13H,14-15H2,1-4H3,(H,26,30). The molecule has 0 aliphatic rings. The molecule has 7 nitrogen and oxygen atoms in total. The highest BCUT2D eigenvalue weighted by atomic mass is 16.5. The van der Waals surface area contributed by atoms with Crippen LogP contribution in [0.1, 0.15) is 37.7 Å². The van der Waals surface area contributed by atoms with Crippen molar-refractivity contribution in [2.45, 2.75) is 20.8 Å². The van der Waals surface area contributed by atoms with E-state index in [1.54, 1.807) is 30.3 Å². The van der Waals surface area contributed by atoms with E-state index >= 15 is 0 Å². The number of methoxy groups -OCH3 is 1. The van der Waals surface area contributed by atoms with Gasteiger partial charge in [-0.2, -0.15) is 0 Å². The van der Waals surface area contributed by atoms with Gasteiger partial charge >= 0.3 is 5.97 Å². The SMILES string of the molecule is COc1cccc(C(=O)NCC(=O)OCC(=O)c2cc(C)n(-c3ccc(C)cc3)c2C)c1. The molecule has 0 radical (unpaired) electrons. The molecule has 2 aromatic carbocycles. The summed E-state index contributed by atoms with van der Waals surface area (Å²) < 4.78 is 12.1. The van der Waals surface area contributed by atoms with E-state index in [0.29, 0.717) is 16.9 Å². The predicted octanol–water partition coefficient (Wildman–Crippen LogP) is 3.57. The van der Waals surface area contributed by atoms with Crippen LogP contribution in [0.25, 0.3) is 5.69 Å². The Morgan fingerprint density at radius 3 is 2.38 bits per heavy atom. The Balaban J connectivity index is 1.57. The zero-order valence-electron chi connectivity index (χ0n) is 18.6. The van der Waals surface area contributed by atoms with E-state index in [4.69, 9.17) is 9.47 Å². The second-order valence-electron chi connectivity index (χ2n) is 7.45. The second kappa shape index (κ2) is 9.96. The average molecular weight is 434 g/mol. The van der Waals surface area contributed by atoms with Gasteiger partial charge in [0, 0.05) is 28.2 Å². The largest absolute Gasteiger partial charge is 0.497 e. The Bertz CT molecular complexity index is 1150. The topological polar surface area (TPSA) is 86.6 Å². The van der Waals surface area contributed by atoms with E-state index in [-0.39, 0.29) is 12.3 Å². The lowest BCUT2D eigenvalue weighted by atomic mass is 10.1. The highest BCUT2D eigenvalue weighted by molar-refractivity contribution is 6.00. The van der Waals surface area contributed by atoms with Crippen molar-refractivity contribution in [1.82, 2.24) is 9.88 Å². The summed E-state index contributed by atoms with van der Waals surface area (Å²) in [6.45, 7) is 5.05. The third-order valence-corrected chi connectivity index (χ3v) is 5.11. The smallest absolute Gasteiger partial charge is 0.325 e. The molecular weight excluding hydrogens is 408 g/mol. The van der Waals surface area contributed by atoms with E-state index in [9.17, 15) is 14.4 Å². The molecule has 3 aromatic rings. The fraction of sp³-hybridized carbons (Fsp3) is 0.240. The van der Waals surface area contributed by atoms with Crippen LogP contribution in [0.15, 0.2) is 54.6 Å². The average Bonchev–Trinajstić information content (AvgIpc) is 3.10. The number of nitrogens with zero attached hydrogens (tertiary/aromatic N) is 1. The number of ether oxygens (including phenoxy) is 2. The number of ketones is 1. The number of esters is 1. The maximum atomic E-state index is 12.7. The molecule has 0 bridgehead atoms. The van der Waals surface area contributed by atoms with Crippen LogP contribution in [0.2, 0.25) is 0 Å². The van der Waals surface area contributed by atoms with Gasteiger partial charge in [-0.15, -0.1) is 0 Å². The summed E-state index contributed by atoms with van der Waals surface area (Å²) >= 11 is 0. The predicted molar refractivity (Wildman–Crippen MR) is 121 cm³/mol. The first kappa shape index (κ1) is 22.8. The summed E-state index contributed by atoms with van der Waals surface area (Å²) in [5.41, 5.74) is 4.65. The highest BCUT2D eigenvalue weighted by Gasteiger charge is 2.18. The molecule has 7 heteroatoms. The lowest BCUT2D eigenvalue weighted by Crippen LogP contribution is -2.31. The Hall–Kier alpha value is -3.87. The van der Waals surface area contributed by atoms with Gasteiger partial charge in [0.2, 0.25) is 5.78 Å². The molecule has 0 spiro atoms. The third-order valence-electron chi connectivity index (χ3n) is 5.11. The van der Waals surface area contributed by atoms with Gasteiger partial charge in [0.15, 0.2) is 6.61 Å². The number of carbonyl (C=O) groups excluding carboxylic acids is 3. The van der Waals surface area contributed by atoms with Crippen molar-refractivity contribution in [2.75, 3.05) is 20.3 Å². The van der Waals surface area contributed by atoms with Crippen molar-refractivity contribution in [3.63, 3.8) is 0 Å². The minimum atomic E-state index is -0.693. The summed E-state index contributed by atoms with van der Waals surface area (Å²) in [4.78, 5) is 36.9. The third kappa shape index (κ3) is 5.24. The summed E-state index contributed by atoms with van der Waals surface area (Å²) in [7, 11) is 1.50. The minimum Gasteiger partial charge on any atom is -0.497 e. The summed E-state index contributed by atoms with van der Waals surface area (Å²) in [6.07, 6.45) is 0. The van der Waals surface area contributed by atoms with Crippen LogP contribution in [0.4, 0.5) is 0 Å². The Morgan fingerprint density at radius 1 is 0.969 bits per heavy atom. The van der Waals surface area contributed by atoms with Crippen molar-refractivity contribution in [3.8, 4) is 11.4 Å². The van der Waals surface area contributed by atoms with Crippen LogP contribution < -0.4 is 10.1 Å². The van der Waals surface area contributed by atoms with Gasteiger partial charge in [0.1, 0.15) is 12.3 Å². The van der Waals surface area contributed by atoms with Crippen LogP contribution in [0.3, 0.4) is 0 Å². The summed E-state index contributed by atoms with van der Waals surface area (Å²) in [5, 5.41) is 2.48. The first-order valence-corrected chi connectivity index (χ1v) is 10.2. The number of aryl methyl sites for hydroxylation is 2. The fourth-order valence-electron chi connectivity index (χ4n) is 3.43. The molecule has 1 aromatic heterocycles. The maximum Gasteiger partial charge on any atom is 0.325 e. The molecule has 0 aliphatic heterocycles. The second-order valence-corrected chi connectivity index (χ2v) is 7.45. The molecule has 3 rings (SSSR count). The number of aromatic nitrogens is 1. The van der Waals surface area contributed by atoms with Gasteiger partial charge in [0.05, 0.1) is 7.11 Å². The number of hydrogen-bond donors (Lipinski definition) is 1. The van der Waals surface area contributed by atoms with E-state index < -0.39 is 18.5 Å². The molecule has 0 saturated heterocycles. The molecule has 1 amide bonds. The molecule has 0 fully saturated rings. The molecule has 0 unspecified atom stereocenters. The molecule has 0 saturated carbocycles. The van der Waals surface area contributed by atoms with Crippen molar-refractivity contribution >= 4 is 17.7 Å². The number of benzene rings is 2. The van der Waals surface area contributed by atoms with Crippen LogP contribution >= 0.6 is 0 Å². The zero-order valence-corrected chi connectivity index (χ0v) is 18.6. The Labute approximate surface area is 187 Å². The lowest BCUT2D eigenvalue weighted by Gasteiger charge is -2.10. The van der Waals surface area contributed by atoms with Gasteiger partial charge in [-0.1, -0.05) is 23.8 Å². The summed E-state index contributed by atoms with van der Waals surface area (Å²) in [5.74, 6) is -0.895. The van der Waals surface area contributed by atoms with E-state index in [1.807, 2.05) is 49.6 Å². The molecule has 32 heavy (non-hydrogen) atoms. The number of carbonyl (C=O) groups is 3. The lowest BCUT2D eigenvalue weighted by molar-refractivity contribution is -0.141. The van der Waals surface area contributed by atoms with Crippen LogP contribution in [0, 0.1) is 20.8 Å². The van der Waals surface area contributed by atoms with Gasteiger partial charge < -0.3 is 19.4 Å². The maximum absolute atomic E-state index is 12.7. The van der Waals surface area contributed by atoms with Gasteiger partial charge in [0.25, 0.3) is 5.91 Å². The van der Waals surface area contributed by atoms with E-state index in [2.05, 4.69) is 5.32 Å². The molecule has 1 N–H and O–H groups in total. The van der Waals surface area contributed by atoms with E-state index in [1.165, 1.54) is 7.11 Å². The van der Waals surface area contributed by atoms with Gasteiger partial charge in [-0.25, -0.2) is 0 Å². The fourth-order valence-corrected chi connectivity index (χ4v) is 3.43. The van der Waals surface area contributed by atoms with E-state index in [0.717, 1.165) is 22.6 Å². The number of rotatable bonds is 8. The van der Waals surface area contributed by atoms with Crippen LogP contribution in [0.5, 0.6) is 5.75 Å². The normalized spacial score (nSPS) is 10.5. The number of nitrogens with one attached hydrogen (secondary N) is 1. The van der Waals surface area contributed by atoms with Crippen molar-refractivity contribution in [2.24, 2.45) is 0 Å². The van der Waals surface area contributed by atoms with Gasteiger partial charge in [-0.3, -0.25) is 14.4 Å². The van der Waals surface area contributed by atoms with Crippen LogP contribution in [-0.4, -0.2) is 42.5 Å². The quantitative estimate of drug-likeness (QED) is 0.433. The molecular formula is C25H26N2O5. The molecule has 1 heterocycles.